The minimum Gasteiger partial charge on any atom is -0.493 e. The van der Waals surface area contributed by atoms with Gasteiger partial charge in [0.1, 0.15) is 0 Å². The molecule has 1 aromatic carbocycles. The van der Waals surface area contributed by atoms with Gasteiger partial charge < -0.3 is 14.6 Å². The molecule has 4 heteroatoms. The lowest BCUT2D eigenvalue weighted by molar-refractivity contribution is 0.177. The van der Waals surface area contributed by atoms with E-state index in [1.54, 1.807) is 38.7 Å². The van der Waals surface area contributed by atoms with Crippen LogP contribution in [-0.4, -0.2) is 24.3 Å². The van der Waals surface area contributed by atoms with Gasteiger partial charge in [-0.25, -0.2) is 0 Å². The minimum atomic E-state index is -0.594. The zero-order valence-electron chi connectivity index (χ0n) is 11.0. The molecule has 0 fully saturated rings. The summed E-state index contributed by atoms with van der Waals surface area (Å²) < 4.78 is 10.6. The van der Waals surface area contributed by atoms with Crippen molar-refractivity contribution < 1.29 is 14.6 Å². The van der Waals surface area contributed by atoms with Gasteiger partial charge in [0.2, 0.25) is 0 Å². The summed E-state index contributed by atoms with van der Waals surface area (Å²) in [5, 5.41) is 10.2. The van der Waals surface area contributed by atoms with Crippen LogP contribution in [0, 0.1) is 0 Å². The Morgan fingerprint density at radius 3 is 2.47 bits per heavy atom. The molecule has 1 aromatic heterocycles. The lowest BCUT2D eigenvalue weighted by Crippen LogP contribution is -2.04. The predicted octanol–water partition coefficient (Wildman–Crippen LogP) is 2.37. The topological polar surface area (TPSA) is 51.6 Å². The molecule has 0 spiro atoms. The van der Waals surface area contributed by atoms with Crippen molar-refractivity contribution in [2.24, 2.45) is 0 Å². The SMILES string of the molecule is COc1cccc(CC(O)c2ccncc2)c1OC. The van der Waals surface area contributed by atoms with Gasteiger partial charge in [0.05, 0.1) is 20.3 Å². The van der Waals surface area contributed by atoms with E-state index in [0.717, 1.165) is 11.1 Å². The summed E-state index contributed by atoms with van der Waals surface area (Å²) >= 11 is 0. The smallest absolute Gasteiger partial charge is 0.164 e. The molecule has 0 aliphatic carbocycles. The highest BCUT2D eigenvalue weighted by atomic mass is 16.5. The maximum Gasteiger partial charge on any atom is 0.164 e. The predicted molar refractivity (Wildman–Crippen MR) is 72.4 cm³/mol. The number of benzene rings is 1. The lowest BCUT2D eigenvalue weighted by atomic mass is 10.0. The van der Waals surface area contributed by atoms with Gasteiger partial charge in [0, 0.05) is 24.4 Å². The number of aliphatic hydroxyl groups is 1. The van der Waals surface area contributed by atoms with Crippen molar-refractivity contribution in [3.05, 3.63) is 53.9 Å². The number of hydrogen-bond donors (Lipinski definition) is 1. The Labute approximate surface area is 112 Å². The van der Waals surface area contributed by atoms with E-state index in [1.165, 1.54) is 0 Å². The van der Waals surface area contributed by atoms with E-state index in [-0.39, 0.29) is 0 Å². The van der Waals surface area contributed by atoms with Crippen LogP contribution in [0.5, 0.6) is 11.5 Å². The molecule has 0 radical (unpaired) electrons. The average Bonchev–Trinajstić information content (AvgIpc) is 2.47. The quantitative estimate of drug-likeness (QED) is 0.895. The number of para-hydroxylation sites is 1. The largest absolute Gasteiger partial charge is 0.493 e. The zero-order chi connectivity index (χ0) is 13.7. The molecule has 2 aromatic rings. The Balaban J connectivity index is 2.24. The summed E-state index contributed by atoms with van der Waals surface area (Å²) in [5.74, 6) is 1.33. The fourth-order valence-electron chi connectivity index (χ4n) is 2.03. The third kappa shape index (κ3) is 3.03. The molecule has 0 aliphatic rings. The van der Waals surface area contributed by atoms with Crippen LogP contribution in [0.4, 0.5) is 0 Å². The van der Waals surface area contributed by atoms with E-state index in [4.69, 9.17) is 9.47 Å². The van der Waals surface area contributed by atoms with Crippen molar-refractivity contribution in [2.75, 3.05) is 14.2 Å². The number of ether oxygens (including phenoxy) is 2. The molecule has 0 saturated heterocycles. The van der Waals surface area contributed by atoms with Crippen molar-refractivity contribution in [1.82, 2.24) is 4.98 Å². The average molecular weight is 259 g/mol. The minimum absolute atomic E-state index is 0.463. The van der Waals surface area contributed by atoms with Crippen LogP contribution < -0.4 is 9.47 Å². The number of aliphatic hydroxyl groups excluding tert-OH is 1. The van der Waals surface area contributed by atoms with E-state index >= 15 is 0 Å². The number of nitrogens with zero attached hydrogens (tertiary/aromatic N) is 1. The fraction of sp³-hybridized carbons (Fsp3) is 0.267. The molecule has 0 aliphatic heterocycles. The molecule has 0 bridgehead atoms. The number of pyridine rings is 1. The third-order valence-corrected chi connectivity index (χ3v) is 2.99. The zero-order valence-corrected chi connectivity index (χ0v) is 11.0. The standard InChI is InChI=1S/C15H17NO3/c1-18-14-5-3-4-12(15(14)19-2)10-13(17)11-6-8-16-9-7-11/h3-9,13,17H,10H2,1-2H3. The van der Waals surface area contributed by atoms with Crippen LogP contribution in [0.15, 0.2) is 42.7 Å². The highest BCUT2D eigenvalue weighted by molar-refractivity contribution is 5.47. The highest BCUT2D eigenvalue weighted by Crippen LogP contribution is 2.33. The second-order valence-corrected chi connectivity index (χ2v) is 4.15. The molecular weight excluding hydrogens is 242 g/mol. The van der Waals surface area contributed by atoms with Crippen molar-refractivity contribution in [2.45, 2.75) is 12.5 Å². The van der Waals surface area contributed by atoms with Crippen LogP contribution in [0.3, 0.4) is 0 Å². The Morgan fingerprint density at radius 1 is 1.11 bits per heavy atom. The van der Waals surface area contributed by atoms with E-state index in [2.05, 4.69) is 4.98 Å². The summed E-state index contributed by atoms with van der Waals surface area (Å²) in [6, 6.07) is 9.25. The van der Waals surface area contributed by atoms with Crippen LogP contribution in [0.1, 0.15) is 17.2 Å². The molecule has 2 rings (SSSR count). The molecule has 1 unspecified atom stereocenters. The number of rotatable bonds is 5. The molecule has 0 amide bonds. The van der Waals surface area contributed by atoms with E-state index in [1.807, 2.05) is 18.2 Å². The Hall–Kier alpha value is -2.07. The second-order valence-electron chi connectivity index (χ2n) is 4.15. The normalized spacial score (nSPS) is 11.9. The Bertz CT molecular complexity index is 528. The van der Waals surface area contributed by atoms with Gasteiger partial charge >= 0.3 is 0 Å². The summed E-state index contributed by atoms with van der Waals surface area (Å²) in [5.41, 5.74) is 1.74. The summed E-state index contributed by atoms with van der Waals surface area (Å²) in [6.45, 7) is 0. The van der Waals surface area contributed by atoms with Gasteiger partial charge in [0.25, 0.3) is 0 Å². The fourth-order valence-corrected chi connectivity index (χ4v) is 2.03. The van der Waals surface area contributed by atoms with Gasteiger partial charge in [-0.15, -0.1) is 0 Å². The molecule has 19 heavy (non-hydrogen) atoms. The first-order valence-corrected chi connectivity index (χ1v) is 6.04. The highest BCUT2D eigenvalue weighted by Gasteiger charge is 2.14. The summed E-state index contributed by atoms with van der Waals surface area (Å²) in [4.78, 5) is 3.94. The van der Waals surface area contributed by atoms with Crippen molar-refractivity contribution in [1.29, 1.82) is 0 Å². The lowest BCUT2D eigenvalue weighted by Gasteiger charge is -2.15. The first kappa shape index (κ1) is 13.4. The molecule has 0 saturated carbocycles. The Kier molecular flexibility index (Phi) is 4.36. The number of hydrogen-bond acceptors (Lipinski definition) is 4. The molecule has 1 heterocycles. The van der Waals surface area contributed by atoms with Crippen LogP contribution in [-0.2, 0) is 6.42 Å². The van der Waals surface area contributed by atoms with E-state index in [0.29, 0.717) is 17.9 Å². The molecule has 4 nitrogen and oxygen atoms in total. The number of aromatic nitrogens is 1. The second kappa shape index (κ2) is 6.20. The van der Waals surface area contributed by atoms with E-state index < -0.39 is 6.10 Å². The molecule has 1 atom stereocenters. The number of methoxy groups -OCH3 is 2. The molecule has 100 valence electrons. The van der Waals surface area contributed by atoms with Gasteiger partial charge in [-0.05, 0) is 23.8 Å². The van der Waals surface area contributed by atoms with Gasteiger partial charge in [-0.1, -0.05) is 12.1 Å². The maximum absolute atomic E-state index is 10.2. The molecular formula is C15H17NO3. The van der Waals surface area contributed by atoms with E-state index in [9.17, 15) is 5.11 Å². The van der Waals surface area contributed by atoms with Crippen molar-refractivity contribution in [3.63, 3.8) is 0 Å². The van der Waals surface area contributed by atoms with Crippen molar-refractivity contribution >= 4 is 0 Å². The first-order chi connectivity index (χ1) is 9.26. The molecule has 1 N–H and O–H groups in total. The van der Waals surface area contributed by atoms with Crippen LogP contribution in [0.2, 0.25) is 0 Å². The van der Waals surface area contributed by atoms with Gasteiger partial charge in [-0.2, -0.15) is 0 Å². The van der Waals surface area contributed by atoms with Gasteiger partial charge in [0.15, 0.2) is 11.5 Å². The summed E-state index contributed by atoms with van der Waals surface area (Å²) in [7, 11) is 3.20. The van der Waals surface area contributed by atoms with Gasteiger partial charge in [-0.3, -0.25) is 4.98 Å². The van der Waals surface area contributed by atoms with Crippen LogP contribution in [0.25, 0.3) is 0 Å². The monoisotopic (exact) mass is 259 g/mol. The summed E-state index contributed by atoms with van der Waals surface area (Å²) in [6.07, 6.45) is 3.21. The maximum atomic E-state index is 10.2. The Morgan fingerprint density at radius 2 is 1.84 bits per heavy atom. The van der Waals surface area contributed by atoms with Crippen LogP contribution >= 0.6 is 0 Å². The van der Waals surface area contributed by atoms with Crippen molar-refractivity contribution in [3.8, 4) is 11.5 Å². The first-order valence-electron chi connectivity index (χ1n) is 6.04. The third-order valence-electron chi connectivity index (χ3n) is 2.99.